The molecule has 2 aliphatic rings. The van der Waals surface area contributed by atoms with Crippen LogP contribution in [0.5, 0.6) is 0 Å². The number of fused-ring (bicyclic) bond motifs is 1. The van der Waals surface area contributed by atoms with Gasteiger partial charge in [0.15, 0.2) is 5.82 Å². The molecule has 1 amide bonds. The van der Waals surface area contributed by atoms with Gasteiger partial charge in [0.05, 0.1) is 0 Å². The summed E-state index contributed by atoms with van der Waals surface area (Å²) < 4.78 is 2.19. The number of nitrogens with zero attached hydrogens (tertiary/aromatic N) is 4. The van der Waals surface area contributed by atoms with Gasteiger partial charge >= 0.3 is 0 Å². The van der Waals surface area contributed by atoms with Crippen molar-refractivity contribution in [2.45, 2.75) is 44.7 Å². The summed E-state index contributed by atoms with van der Waals surface area (Å²) in [5, 5.41) is 11.9. The zero-order valence-electron chi connectivity index (χ0n) is 14.9. The molecule has 132 valence electrons. The van der Waals surface area contributed by atoms with Gasteiger partial charge in [-0.1, -0.05) is 0 Å². The molecule has 1 fully saturated rings. The molecule has 0 saturated heterocycles. The Morgan fingerprint density at radius 3 is 2.56 bits per heavy atom. The van der Waals surface area contributed by atoms with E-state index in [1.807, 2.05) is 14.1 Å². The first-order valence-corrected chi connectivity index (χ1v) is 9.12. The van der Waals surface area contributed by atoms with Crippen LogP contribution >= 0.6 is 0 Å². The molecular weight excluding hydrogens is 314 g/mol. The normalized spacial score (nSPS) is 19.8. The van der Waals surface area contributed by atoms with Crippen LogP contribution in [0.1, 0.15) is 31.5 Å². The summed E-state index contributed by atoms with van der Waals surface area (Å²) in [6.45, 7) is 0.801. The van der Waals surface area contributed by atoms with E-state index >= 15 is 0 Å². The minimum absolute atomic E-state index is 0.0891. The molecule has 1 unspecified atom stereocenters. The molecule has 1 aromatic carbocycles. The van der Waals surface area contributed by atoms with Crippen molar-refractivity contribution in [1.82, 2.24) is 20.1 Å². The van der Waals surface area contributed by atoms with E-state index in [2.05, 4.69) is 49.2 Å². The number of rotatable bonds is 4. The summed E-state index contributed by atoms with van der Waals surface area (Å²) in [4.78, 5) is 14.4. The van der Waals surface area contributed by atoms with Crippen molar-refractivity contribution >= 4 is 11.6 Å². The van der Waals surface area contributed by atoms with E-state index in [4.69, 9.17) is 0 Å². The SMILES string of the molecule is CN(C)c1ccc(-c2nnc3n2CCC(C(=O)NC2CC2)CC3)cc1. The molecule has 0 spiro atoms. The second-order valence-corrected chi connectivity index (χ2v) is 7.34. The lowest BCUT2D eigenvalue weighted by Gasteiger charge is -2.14. The van der Waals surface area contributed by atoms with Gasteiger partial charge < -0.3 is 14.8 Å². The van der Waals surface area contributed by atoms with Gasteiger partial charge in [-0.3, -0.25) is 4.79 Å². The van der Waals surface area contributed by atoms with Gasteiger partial charge in [0, 0.05) is 50.3 Å². The lowest BCUT2D eigenvalue weighted by atomic mass is 9.99. The third-order valence-electron chi connectivity index (χ3n) is 5.18. The first kappa shape index (κ1) is 16.1. The highest BCUT2D eigenvalue weighted by atomic mass is 16.2. The highest BCUT2D eigenvalue weighted by molar-refractivity contribution is 5.79. The minimum atomic E-state index is 0.0891. The van der Waals surface area contributed by atoms with E-state index in [1.54, 1.807) is 0 Å². The maximum absolute atomic E-state index is 12.4. The van der Waals surface area contributed by atoms with E-state index in [1.165, 1.54) is 0 Å². The summed E-state index contributed by atoms with van der Waals surface area (Å²) in [7, 11) is 4.07. The summed E-state index contributed by atoms with van der Waals surface area (Å²) in [5.74, 6) is 2.21. The molecule has 2 heterocycles. The molecule has 6 heteroatoms. The fourth-order valence-corrected chi connectivity index (χ4v) is 3.42. The fraction of sp³-hybridized carbons (Fsp3) is 0.526. The van der Waals surface area contributed by atoms with Crippen LogP contribution in [0.25, 0.3) is 11.4 Å². The second-order valence-electron chi connectivity index (χ2n) is 7.34. The Hall–Kier alpha value is -2.37. The Labute approximate surface area is 148 Å². The topological polar surface area (TPSA) is 63.1 Å². The standard InChI is InChI=1S/C19H25N5O/c1-23(2)16-8-3-13(4-9-16)18-22-21-17-10-5-14(11-12-24(17)18)19(25)20-15-6-7-15/h3-4,8-9,14-15H,5-7,10-12H2,1-2H3,(H,20,25). The van der Waals surface area contributed by atoms with Gasteiger partial charge in [0.2, 0.25) is 5.91 Å². The number of amides is 1. The quantitative estimate of drug-likeness (QED) is 0.928. The van der Waals surface area contributed by atoms with Gasteiger partial charge in [-0.05, 0) is 49.9 Å². The van der Waals surface area contributed by atoms with Crippen LogP contribution in [0.4, 0.5) is 5.69 Å². The molecule has 6 nitrogen and oxygen atoms in total. The Kier molecular flexibility index (Phi) is 4.19. The van der Waals surface area contributed by atoms with E-state index in [-0.39, 0.29) is 11.8 Å². The van der Waals surface area contributed by atoms with Crippen molar-refractivity contribution in [3.8, 4) is 11.4 Å². The molecule has 2 aromatic rings. The molecule has 4 rings (SSSR count). The molecule has 25 heavy (non-hydrogen) atoms. The van der Waals surface area contributed by atoms with Gasteiger partial charge in [0.25, 0.3) is 0 Å². The number of carbonyl (C=O) groups is 1. The predicted octanol–water partition coefficient (Wildman–Crippen LogP) is 2.24. The molecule has 1 aromatic heterocycles. The molecule has 1 aliphatic carbocycles. The van der Waals surface area contributed by atoms with Crippen LogP contribution in [0.3, 0.4) is 0 Å². The van der Waals surface area contributed by atoms with Crippen molar-refractivity contribution < 1.29 is 4.79 Å². The largest absolute Gasteiger partial charge is 0.378 e. The van der Waals surface area contributed by atoms with E-state index in [9.17, 15) is 4.79 Å². The van der Waals surface area contributed by atoms with Crippen molar-refractivity contribution in [2.24, 2.45) is 5.92 Å². The highest BCUT2D eigenvalue weighted by Crippen LogP contribution is 2.27. The van der Waals surface area contributed by atoms with Crippen LogP contribution in [0.15, 0.2) is 24.3 Å². The fourth-order valence-electron chi connectivity index (χ4n) is 3.42. The molecule has 1 aliphatic heterocycles. The molecule has 1 saturated carbocycles. The smallest absolute Gasteiger partial charge is 0.223 e. The Balaban J connectivity index is 1.51. The number of nitrogens with one attached hydrogen (secondary N) is 1. The minimum Gasteiger partial charge on any atom is -0.378 e. The maximum atomic E-state index is 12.4. The number of hydrogen-bond acceptors (Lipinski definition) is 4. The summed E-state index contributed by atoms with van der Waals surface area (Å²) >= 11 is 0. The molecule has 1 N–H and O–H groups in total. The van der Waals surface area contributed by atoms with Crippen molar-refractivity contribution in [3.63, 3.8) is 0 Å². The number of anilines is 1. The summed E-state index contributed by atoms with van der Waals surface area (Å²) in [6, 6.07) is 8.81. The number of aromatic nitrogens is 3. The van der Waals surface area contributed by atoms with Crippen LogP contribution < -0.4 is 10.2 Å². The van der Waals surface area contributed by atoms with Crippen LogP contribution in [0, 0.1) is 5.92 Å². The van der Waals surface area contributed by atoms with Gasteiger partial charge in [-0.2, -0.15) is 0 Å². The zero-order valence-corrected chi connectivity index (χ0v) is 14.9. The number of aryl methyl sites for hydroxylation is 1. The van der Waals surface area contributed by atoms with Crippen LogP contribution in [-0.2, 0) is 17.8 Å². The first-order chi connectivity index (χ1) is 12.1. The second kappa shape index (κ2) is 6.50. The number of carbonyl (C=O) groups excluding carboxylic acids is 1. The third-order valence-corrected chi connectivity index (χ3v) is 5.18. The average Bonchev–Trinajstić information content (AvgIpc) is 3.37. The third kappa shape index (κ3) is 3.38. The van der Waals surface area contributed by atoms with Crippen molar-refractivity contribution in [1.29, 1.82) is 0 Å². The first-order valence-electron chi connectivity index (χ1n) is 9.12. The highest BCUT2D eigenvalue weighted by Gasteiger charge is 2.29. The Morgan fingerprint density at radius 1 is 1.12 bits per heavy atom. The molecule has 0 radical (unpaired) electrons. The molecule has 0 bridgehead atoms. The lowest BCUT2D eigenvalue weighted by molar-refractivity contribution is -0.125. The van der Waals surface area contributed by atoms with Gasteiger partial charge in [-0.25, -0.2) is 0 Å². The number of benzene rings is 1. The van der Waals surface area contributed by atoms with E-state index < -0.39 is 0 Å². The monoisotopic (exact) mass is 339 g/mol. The maximum Gasteiger partial charge on any atom is 0.223 e. The average molecular weight is 339 g/mol. The summed E-state index contributed by atoms with van der Waals surface area (Å²) in [5.41, 5.74) is 2.24. The van der Waals surface area contributed by atoms with Crippen LogP contribution in [-0.4, -0.2) is 40.8 Å². The molecular formula is C19H25N5O. The summed E-state index contributed by atoms with van der Waals surface area (Å²) in [6.07, 6.45) is 4.79. The van der Waals surface area contributed by atoms with E-state index in [0.717, 1.165) is 61.5 Å². The zero-order chi connectivity index (χ0) is 17.4. The van der Waals surface area contributed by atoms with Gasteiger partial charge in [-0.15, -0.1) is 10.2 Å². The van der Waals surface area contributed by atoms with Crippen molar-refractivity contribution in [3.05, 3.63) is 30.1 Å². The van der Waals surface area contributed by atoms with Crippen molar-refractivity contribution in [2.75, 3.05) is 19.0 Å². The van der Waals surface area contributed by atoms with Crippen LogP contribution in [0.2, 0.25) is 0 Å². The predicted molar refractivity (Wildman–Crippen MR) is 97.4 cm³/mol. The van der Waals surface area contributed by atoms with Gasteiger partial charge in [0.1, 0.15) is 5.82 Å². The molecule has 1 atom stereocenters. The van der Waals surface area contributed by atoms with E-state index in [0.29, 0.717) is 6.04 Å². The lowest BCUT2D eigenvalue weighted by Crippen LogP contribution is -2.32. The Bertz CT molecular complexity index is 761. The number of hydrogen-bond donors (Lipinski definition) is 1. The Morgan fingerprint density at radius 2 is 1.88 bits per heavy atom.